The number of nitrogens with zero attached hydrogens (tertiary/aromatic N) is 1. The molecule has 0 fully saturated rings. The third kappa shape index (κ3) is 2.71. The second-order valence-electron chi connectivity index (χ2n) is 4.49. The molecule has 8 heteroatoms. The molecule has 0 spiro atoms. The normalized spacial score (nSPS) is 15.2. The summed E-state index contributed by atoms with van der Waals surface area (Å²) < 4.78 is 52.0. The molecule has 0 aliphatic carbocycles. The average Bonchev–Trinajstić information content (AvgIpc) is 2.82. The number of aromatic amines is 1. The number of hydrogen-bond donors (Lipinski definition) is 2. The van der Waals surface area contributed by atoms with E-state index in [1.807, 2.05) is 0 Å². The predicted octanol–water partition coefficient (Wildman–Crippen LogP) is 3.55. The molecule has 0 aliphatic rings. The van der Waals surface area contributed by atoms with Crippen LogP contribution in [0.4, 0.5) is 17.6 Å². The van der Waals surface area contributed by atoms with Crippen molar-refractivity contribution in [2.24, 2.45) is 5.73 Å². The summed E-state index contributed by atoms with van der Waals surface area (Å²) in [5.74, 6) is -0.610. The molecule has 3 nitrogen and oxygen atoms in total. The van der Waals surface area contributed by atoms with Crippen molar-refractivity contribution in [3.05, 3.63) is 51.5 Å². The lowest BCUT2D eigenvalue weighted by molar-refractivity contribution is -0.141. The topological polar surface area (TPSA) is 54.7 Å². The summed E-state index contributed by atoms with van der Waals surface area (Å²) >= 11 is 3.17. The highest BCUT2D eigenvalue weighted by Crippen LogP contribution is 2.33. The lowest BCUT2D eigenvalue weighted by Gasteiger charge is -2.24. The van der Waals surface area contributed by atoms with Crippen LogP contribution in [0.1, 0.15) is 23.9 Å². The first kappa shape index (κ1) is 15.0. The summed E-state index contributed by atoms with van der Waals surface area (Å²) in [7, 11) is 0. The largest absolute Gasteiger partial charge is 0.435 e. The SMILES string of the molecule is CC(N)(c1cc(C(F)(F)F)n[nH]1)c1cc(Br)ccc1F. The minimum atomic E-state index is -4.58. The second kappa shape index (κ2) is 4.85. The number of aromatic nitrogens is 2. The summed E-state index contributed by atoms with van der Waals surface area (Å²) in [5.41, 5.74) is 3.45. The van der Waals surface area contributed by atoms with Crippen LogP contribution in [-0.2, 0) is 11.7 Å². The zero-order valence-electron chi connectivity index (χ0n) is 10.2. The number of halogens is 5. The molecule has 0 saturated carbocycles. The highest BCUT2D eigenvalue weighted by molar-refractivity contribution is 9.10. The summed E-state index contributed by atoms with van der Waals surface area (Å²) in [6.45, 7) is 1.41. The molecule has 0 radical (unpaired) electrons. The van der Waals surface area contributed by atoms with Crippen LogP contribution in [0.15, 0.2) is 28.7 Å². The van der Waals surface area contributed by atoms with Gasteiger partial charge in [0.15, 0.2) is 5.69 Å². The van der Waals surface area contributed by atoms with Crippen LogP contribution < -0.4 is 5.73 Å². The minimum absolute atomic E-state index is 0.0261. The maximum absolute atomic E-state index is 13.8. The summed E-state index contributed by atoms with van der Waals surface area (Å²) in [5, 5.41) is 5.39. The van der Waals surface area contributed by atoms with E-state index in [1.54, 1.807) is 0 Å². The smallest absolute Gasteiger partial charge is 0.317 e. The number of hydrogen-bond acceptors (Lipinski definition) is 2. The van der Waals surface area contributed by atoms with E-state index in [0.29, 0.717) is 4.47 Å². The van der Waals surface area contributed by atoms with Gasteiger partial charge >= 0.3 is 6.18 Å². The first-order valence-corrected chi connectivity index (χ1v) is 6.29. The number of alkyl halides is 3. The molecule has 2 rings (SSSR count). The molecular weight excluding hydrogens is 342 g/mol. The van der Waals surface area contributed by atoms with Gasteiger partial charge in [0, 0.05) is 10.0 Å². The molecule has 1 aromatic heterocycles. The van der Waals surface area contributed by atoms with Gasteiger partial charge in [-0.05, 0) is 31.2 Å². The Morgan fingerprint density at radius 3 is 2.45 bits per heavy atom. The monoisotopic (exact) mass is 351 g/mol. The van der Waals surface area contributed by atoms with E-state index in [-0.39, 0.29) is 11.3 Å². The van der Waals surface area contributed by atoms with Crippen LogP contribution in [0.5, 0.6) is 0 Å². The van der Waals surface area contributed by atoms with Crippen molar-refractivity contribution in [2.75, 3.05) is 0 Å². The highest BCUT2D eigenvalue weighted by atomic mass is 79.9. The second-order valence-corrected chi connectivity index (χ2v) is 5.41. The Bertz CT molecular complexity index is 634. The Kier molecular flexibility index (Phi) is 3.64. The number of nitrogens with one attached hydrogen (secondary N) is 1. The summed E-state index contributed by atoms with van der Waals surface area (Å²) in [4.78, 5) is 0. The van der Waals surface area contributed by atoms with Crippen molar-refractivity contribution in [1.82, 2.24) is 10.2 Å². The molecule has 1 atom stereocenters. The van der Waals surface area contributed by atoms with Gasteiger partial charge in [0.2, 0.25) is 0 Å². The predicted molar refractivity (Wildman–Crippen MR) is 68.3 cm³/mol. The number of rotatable bonds is 2. The maximum atomic E-state index is 13.8. The van der Waals surface area contributed by atoms with Gasteiger partial charge in [-0.1, -0.05) is 15.9 Å². The zero-order valence-corrected chi connectivity index (χ0v) is 11.8. The van der Waals surface area contributed by atoms with E-state index in [2.05, 4.69) is 26.1 Å². The van der Waals surface area contributed by atoms with E-state index < -0.39 is 23.2 Å². The van der Waals surface area contributed by atoms with Crippen molar-refractivity contribution in [3.63, 3.8) is 0 Å². The standard InChI is InChI=1S/C12H10BrF4N3/c1-11(18,7-4-6(13)2-3-8(7)14)9-5-10(20-19-9)12(15,16)17/h2-5H,18H2,1H3,(H,19,20). The van der Waals surface area contributed by atoms with Crippen LogP contribution in [0.25, 0.3) is 0 Å². The Labute approximate surface area is 120 Å². The van der Waals surface area contributed by atoms with Gasteiger partial charge in [-0.2, -0.15) is 18.3 Å². The van der Waals surface area contributed by atoms with Crippen molar-refractivity contribution in [1.29, 1.82) is 0 Å². The first-order valence-electron chi connectivity index (χ1n) is 5.50. The van der Waals surface area contributed by atoms with Crippen LogP contribution in [-0.4, -0.2) is 10.2 Å². The van der Waals surface area contributed by atoms with Gasteiger partial charge in [0.1, 0.15) is 5.82 Å². The lowest BCUT2D eigenvalue weighted by atomic mass is 9.89. The fourth-order valence-corrected chi connectivity index (χ4v) is 2.13. The molecule has 0 amide bonds. The molecule has 1 heterocycles. The Morgan fingerprint density at radius 1 is 1.25 bits per heavy atom. The van der Waals surface area contributed by atoms with Crippen LogP contribution in [0, 0.1) is 5.82 Å². The molecule has 20 heavy (non-hydrogen) atoms. The quantitative estimate of drug-likeness (QED) is 0.813. The first-order chi connectivity index (χ1) is 9.12. The Balaban J connectivity index is 2.49. The van der Waals surface area contributed by atoms with Gasteiger partial charge in [0.05, 0.1) is 11.2 Å². The van der Waals surface area contributed by atoms with Crippen molar-refractivity contribution in [2.45, 2.75) is 18.6 Å². The van der Waals surface area contributed by atoms with Crippen molar-refractivity contribution < 1.29 is 17.6 Å². The van der Waals surface area contributed by atoms with E-state index in [0.717, 1.165) is 6.07 Å². The fourth-order valence-electron chi connectivity index (χ4n) is 1.77. The van der Waals surface area contributed by atoms with Crippen molar-refractivity contribution >= 4 is 15.9 Å². The van der Waals surface area contributed by atoms with E-state index in [1.165, 1.54) is 25.1 Å². The number of benzene rings is 1. The van der Waals surface area contributed by atoms with E-state index in [4.69, 9.17) is 5.73 Å². The lowest BCUT2D eigenvalue weighted by Crippen LogP contribution is -2.35. The molecule has 0 bridgehead atoms. The molecule has 1 aromatic carbocycles. The number of nitrogens with two attached hydrogens (primary N) is 1. The fraction of sp³-hybridized carbons (Fsp3) is 0.250. The molecule has 0 aliphatic heterocycles. The molecular formula is C12H10BrF4N3. The maximum Gasteiger partial charge on any atom is 0.435 e. The molecule has 2 aromatic rings. The van der Waals surface area contributed by atoms with Gasteiger partial charge in [-0.25, -0.2) is 4.39 Å². The summed E-state index contributed by atoms with van der Waals surface area (Å²) in [6.07, 6.45) is -4.58. The van der Waals surface area contributed by atoms with Crippen molar-refractivity contribution in [3.8, 4) is 0 Å². The highest BCUT2D eigenvalue weighted by Gasteiger charge is 2.37. The molecule has 108 valence electrons. The van der Waals surface area contributed by atoms with Gasteiger partial charge in [-0.15, -0.1) is 0 Å². The van der Waals surface area contributed by atoms with Crippen LogP contribution >= 0.6 is 15.9 Å². The number of H-pyrrole nitrogens is 1. The molecule has 0 saturated heterocycles. The van der Waals surface area contributed by atoms with E-state index >= 15 is 0 Å². The van der Waals surface area contributed by atoms with Gasteiger partial charge in [-0.3, -0.25) is 5.10 Å². The van der Waals surface area contributed by atoms with Gasteiger partial charge < -0.3 is 5.73 Å². The molecule has 3 N–H and O–H groups in total. The Morgan fingerprint density at radius 2 is 1.90 bits per heavy atom. The van der Waals surface area contributed by atoms with Crippen LogP contribution in [0.3, 0.4) is 0 Å². The third-order valence-corrected chi connectivity index (χ3v) is 3.41. The summed E-state index contributed by atoms with van der Waals surface area (Å²) in [6, 6.07) is 4.86. The molecule has 1 unspecified atom stereocenters. The minimum Gasteiger partial charge on any atom is -0.317 e. The average molecular weight is 352 g/mol. The van der Waals surface area contributed by atoms with Crippen LogP contribution in [0.2, 0.25) is 0 Å². The van der Waals surface area contributed by atoms with Gasteiger partial charge in [0.25, 0.3) is 0 Å². The zero-order chi connectivity index (χ0) is 15.1. The Hall–Kier alpha value is -1.41. The third-order valence-electron chi connectivity index (χ3n) is 2.92. The van der Waals surface area contributed by atoms with E-state index in [9.17, 15) is 17.6 Å².